The van der Waals surface area contributed by atoms with Crippen molar-refractivity contribution in [2.24, 2.45) is 5.41 Å². The number of ether oxygens (including phenoxy) is 1. The molecule has 0 atom stereocenters. The van der Waals surface area contributed by atoms with Gasteiger partial charge in [-0.15, -0.1) is 0 Å². The fourth-order valence-electron chi connectivity index (χ4n) is 4.08. The van der Waals surface area contributed by atoms with Crippen LogP contribution < -0.4 is 10.1 Å². The number of hydrogen-bond donors (Lipinski definition) is 1. The molecular formula is C20H26N2O4. The predicted octanol–water partition coefficient (Wildman–Crippen LogP) is 2.06. The Morgan fingerprint density at radius 2 is 1.92 bits per heavy atom. The molecule has 1 aliphatic heterocycles. The number of hydrogen-bond acceptors (Lipinski definition) is 4. The van der Waals surface area contributed by atoms with Crippen molar-refractivity contribution in [2.75, 3.05) is 20.2 Å². The second-order valence-electron chi connectivity index (χ2n) is 7.21. The lowest BCUT2D eigenvalue weighted by atomic mass is 9.73. The number of likely N-dealkylation sites (tertiary alicyclic amines) is 1. The third-order valence-electron chi connectivity index (χ3n) is 5.51. The second kappa shape index (κ2) is 7.89. The maximum atomic E-state index is 12.7. The van der Waals surface area contributed by atoms with Crippen LogP contribution in [-0.4, -0.2) is 42.8 Å². The van der Waals surface area contributed by atoms with Crippen LogP contribution in [-0.2, 0) is 20.8 Å². The lowest BCUT2D eigenvalue weighted by Gasteiger charge is -2.30. The van der Waals surface area contributed by atoms with Crippen molar-refractivity contribution in [3.8, 4) is 5.75 Å². The van der Waals surface area contributed by atoms with E-state index in [0.29, 0.717) is 13.0 Å². The molecule has 0 aromatic heterocycles. The van der Waals surface area contributed by atoms with E-state index in [-0.39, 0.29) is 30.7 Å². The summed E-state index contributed by atoms with van der Waals surface area (Å²) in [4.78, 5) is 38.4. The third-order valence-corrected chi connectivity index (χ3v) is 5.51. The molecule has 6 nitrogen and oxygen atoms in total. The summed E-state index contributed by atoms with van der Waals surface area (Å²) in [6, 6.07) is 7.64. The second-order valence-corrected chi connectivity index (χ2v) is 7.21. The molecular weight excluding hydrogens is 332 g/mol. The molecule has 1 spiro atoms. The van der Waals surface area contributed by atoms with Gasteiger partial charge in [0.15, 0.2) is 0 Å². The molecule has 3 rings (SSSR count). The first-order chi connectivity index (χ1) is 12.6. The van der Waals surface area contributed by atoms with E-state index >= 15 is 0 Å². The fraction of sp³-hybridized carbons (Fsp3) is 0.550. The van der Waals surface area contributed by atoms with Crippen molar-refractivity contribution in [3.05, 3.63) is 29.8 Å². The topological polar surface area (TPSA) is 75.7 Å². The molecule has 140 valence electrons. The van der Waals surface area contributed by atoms with Gasteiger partial charge < -0.3 is 10.1 Å². The molecule has 1 saturated carbocycles. The van der Waals surface area contributed by atoms with Gasteiger partial charge in [0.1, 0.15) is 12.3 Å². The summed E-state index contributed by atoms with van der Waals surface area (Å²) in [5.41, 5.74) is 0.470. The molecule has 1 aromatic rings. The van der Waals surface area contributed by atoms with Crippen molar-refractivity contribution >= 4 is 17.7 Å². The highest BCUT2D eigenvalue weighted by Gasteiger charge is 2.51. The molecule has 1 heterocycles. The fourth-order valence-corrected chi connectivity index (χ4v) is 4.08. The average molecular weight is 358 g/mol. The van der Waals surface area contributed by atoms with Crippen LogP contribution in [0.15, 0.2) is 24.3 Å². The smallest absolute Gasteiger partial charge is 0.240 e. The number of para-hydroxylation sites is 1. The predicted molar refractivity (Wildman–Crippen MR) is 96.6 cm³/mol. The summed E-state index contributed by atoms with van der Waals surface area (Å²) in [5.74, 6) is 0.124. The van der Waals surface area contributed by atoms with E-state index in [1.807, 2.05) is 24.3 Å². The molecule has 1 aliphatic carbocycles. The molecule has 2 aliphatic rings. The Labute approximate surface area is 153 Å². The Morgan fingerprint density at radius 3 is 2.65 bits per heavy atom. The Morgan fingerprint density at radius 1 is 1.19 bits per heavy atom. The number of carbonyl (C=O) groups is 3. The van der Waals surface area contributed by atoms with Gasteiger partial charge in [-0.25, -0.2) is 0 Å². The molecule has 1 saturated heterocycles. The summed E-state index contributed by atoms with van der Waals surface area (Å²) in [7, 11) is 1.61. The molecule has 0 unspecified atom stereocenters. The number of imide groups is 1. The number of amides is 3. The van der Waals surface area contributed by atoms with Crippen LogP contribution in [0.25, 0.3) is 0 Å². The van der Waals surface area contributed by atoms with E-state index in [1.54, 1.807) is 7.11 Å². The van der Waals surface area contributed by atoms with Gasteiger partial charge in [0, 0.05) is 13.0 Å². The quantitative estimate of drug-likeness (QED) is 0.790. The van der Waals surface area contributed by atoms with E-state index in [1.165, 1.54) is 0 Å². The van der Waals surface area contributed by atoms with Crippen molar-refractivity contribution in [2.45, 2.75) is 44.9 Å². The SMILES string of the molecule is COc1ccccc1CCNC(=O)CN1C(=O)CC2(CCCCC2)C1=O. The zero-order valence-corrected chi connectivity index (χ0v) is 15.3. The van der Waals surface area contributed by atoms with Gasteiger partial charge in [0.05, 0.1) is 12.5 Å². The van der Waals surface area contributed by atoms with Crippen molar-refractivity contribution in [3.63, 3.8) is 0 Å². The number of carbonyl (C=O) groups excluding carboxylic acids is 3. The van der Waals surface area contributed by atoms with Gasteiger partial charge in [-0.3, -0.25) is 19.3 Å². The molecule has 3 amide bonds. The number of methoxy groups -OCH3 is 1. The Hall–Kier alpha value is -2.37. The number of nitrogens with zero attached hydrogens (tertiary/aromatic N) is 1. The van der Waals surface area contributed by atoms with Crippen molar-refractivity contribution < 1.29 is 19.1 Å². The average Bonchev–Trinajstić information content (AvgIpc) is 2.87. The Kier molecular flexibility index (Phi) is 5.59. The zero-order chi connectivity index (χ0) is 18.6. The van der Waals surface area contributed by atoms with Crippen LogP contribution in [0.1, 0.15) is 44.1 Å². The van der Waals surface area contributed by atoms with Gasteiger partial charge in [-0.2, -0.15) is 0 Å². The summed E-state index contributed by atoms with van der Waals surface area (Å²) >= 11 is 0. The molecule has 6 heteroatoms. The van der Waals surface area contributed by atoms with E-state index in [2.05, 4.69) is 5.32 Å². The van der Waals surface area contributed by atoms with Gasteiger partial charge in [-0.1, -0.05) is 37.5 Å². The Balaban J connectivity index is 1.52. The van der Waals surface area contributed by atoms with Crippen molar-refractivity contribution in [1.82, 2.24) is 10.2 Å². The molecule has 26 heavy (non-hydrogen) atoms. The van der Waals surface area contributed by atoms with Crippen molar-refractivity contribution in [1.29, 1.82) is 0 Å². The maximum absolute atomic E-state index is 12.7. The minimum Gasteiger partial charge on any atom is -0.496 e. The largest absolute Gasteiger partial charge is 0.496 e. The number of nitrogens with one attached hydrogen (secondary N) is 1. The monoisotopic (exact) mass is 358 g/mol. The highest BCUT2D eigenvalue weighted by atomic mass is 16.5. The molecule has 2 fully saturated rings. The minimum atomic E-state index is -0.535. The molecule has 1 aromatic carbocycles. The van der Waals surface area contributed by atoms with E-state index in [9.17, 15) is 14.4 Å². The van der Waals surface area contributed by atoms with Gasteiger partial charge >= 0.3 is 0 Å². The molecule has 0 radical (unpaired) electrons. The normalized spacial score (nSPS) is 19.0. The first-order valence-corrected chi connectivity index (χ1v) is 9.29. The maximum Gasteiger partial charge on any atom is 0.240 e. The lowest BCUT2D eigenvalue weighted by molar-refractivity contribution is -0.145. The van der Waals surface area contributed by atoms with Gasteiger partial charge in [0.25, 0.3) is 0 Å². The van der Waals surface area contributed by atoms with Crippen LogP contribution in [0.4, 0.5) is 0 Å². The number of rotatable bonds is 6. The summed E-state index contributed by atoms with van der Waals surface area (Å²) in [6.07, 6.45) is 5.51. The van der Waals surface area contributed by atoms with Crippen LogP contribution in [0, 0.1) is 5.41 Å². The van der Waals surface area contributed by atoms with E-state index in [0.717, 1.165) is 48.3 Å². The van der Waals surface area contributed by atoms with Crippen LogP contribution in [0.5, 0.6) is 5.75 Å². The number of benzene rings is 1. The lowest BCUT2D eigenvalue weighted by Crippen LogP contribution is -2.43. The summed E-state index contributed by atoms with van der Waals surface area (Å²) in [6.45, 7) is 0.256. The summed E-state index contributed by atoms with van der Waals surface area (Å²) in [5, 5.41) is 2.80. The minimum absolute atomic E-state index is 0.151. The van der Waals surface area contributed by atoms with Crippen LogP contribution >= 0.6 is 0 Å². The van der Waals surface area contributed by atoms with Crippen LogP contribution in [0.2, 0.25) is 0 Å². The Bertz CT molecular complexity index is 695. The highest BCUT2D eigenvalue weighted by Crippen LogP contribution is 2.45. The molecule has 0 bridgehead atoms. The first kappa shape index (κ1) is 18.4. The van der Waals surface area contributed by atoms with Gasteiger partial charge in [0.2, 0.25) is 17.7 Å². The van der Waals surface area contributed by atoms with E-state index in [4.69, 9.17) is 4.74 Å². The van der Waals surface area contributed by atoms with E-state index < -0.39 is 5.41 Å². The standard InChI is InChI=1S/C20H26N2O4/c1-26-16-8-4-3-7-15(16)9-12-21-17(23)14-22-18(24)13-20(19(22)25)10-5-2-6-11-20/h3-4,7-8H,2,5-6,9-14H2,1H3,(H,21,23). The highest BCUT2D eigenvalue weighted by molar-refractivity contribution is 6.08. The first-order valence-electron chi connectivity index (χ1n) is 9.29. The summed E-state index contributed by atoms with van der Waals surface area (Å²) < 4.78 is 5.29. The third kappa shape index (κ3) is 3.74. The zero-order valence-electron chi connectivity index (χ0n) is 15.3. The molecule has 1 N–H and O–H groups in total. The van der Waals surface area contributed by atoms with Crippen LogP contribution in [0.3, 0.4) is 0 Å². The van der Waals surface area contributed by atoms with Gasteiger partial charge in [-0.05, 0) is 30.9 Å².